The van der Waals surface area contributed by atoms with E-state index in [1.54, 1.807) is 0 Å². The molecule has 19 heavy (non-hydrogen) atoms. The number of thiocarbonyl (C=S) groups is 1. The lowest BCUT2D eigenvalue weighted by Crippen LogP contribution is -2.49. The molecule has 1 aliphatic rings. The maximum absolute atomic E-state index is 13.5. The molecule has 0 spiro atoms. The molecule has 0 aromatic heterocycles. The van der Waals surface area contributed by atoms with Crippen molar-refractivity contribution in [3.8, 4) is 0 Å². The highest BCUT2D eigenvalue weighted by Gasteiger charge is 2.18. The minimum absolute atomic E-state index is 0.212. The summed E-state index contributed by atoms with van der Waals surface area (Å²) in [5.74, 6) is -1.22. The van der Waals surface area contributed by atoms with Gasteiger partial charge in [0.15, 0.2) is 5.11 Å². The molecule has 1 heterocycles. The zero-order chi connectivity index (χ0) is 13.8. The molecule has 1 N–H and O–H groups in total. The topological polar surface area (TPSA) is 18.5 Å². The van der Waals surface area contributed by atoms with Crippen LogP contribution in [0.1, 0.15) is 6.92 Å². The van der Waals surface area contributed by atoms with E-state index in [4.69, 9.17) is 12.2 Å². The van der Waals surface area contributed by atoms with Crippen molar-refractivity contribution in [3.63, 3.8) is 0 Å². The first-order valence-corrected chi connectivity index (χ1v) is 6.74. The minimum atomic E-state index is -0.630. The molecule has 1 saturated heterocycles. The van der Waals surface area contributed by atoms with Crippen molar-refractivity contribution >= 4 is 23.0 Å². The number of rotatable bonds is 2. The van der Waals surface area contributed by atoms with Gasteiger partial charge >= 0.3 is 0 Å². The van der Waals surface area contributed by atoms with Crippen molar-refractivity contribution in [2.24, 2.45) is 0 Å². The molecule has 104 valence electrons. The van der Waals surface area contributed by atoms with Gasteiger partial charge in [0.25, 0.3) is 0 Å². The lowest BCUT2D eigenvalue weighted by Gasteiger charge is -2.35. The fourth-order valence-electron chi connectivity index (χ4n) is 2.05. The van der Waals surface area contributed by atoms with E-state index in [-0.39, 0.29) is 5.69 Å². The third-order valence-electron chi connectivity index (χ3n) is 3.28. The summed E-state index contributed by atoms with van der Waals surface area (Å²) in [4.78, 5) is 4.34. The van der Waals surface area contributed by atoms with E-state index < -0.39 is 11.6 Å². The van der Waals surface area contributed by atoms with E-state index in [0.29, 0.717) is 5.11 Å². The van der Waals surface area contributed by atoms with Crippen molar-refractivity contribution in [2.45, 2.75) is 6.92 Å². The van der Waals surface area contributed by atoms with Crippen molar-refractivity contribution in [1.82, 2.24) is 9.80 Å². The number of anilines is 1. The van der Waals surface area contributed by atoms with Gasteiger partial charge < -0.3 is 15.1 Å². The highest BCUT2D eigenvalue weighted by molar-refractivity contribution is 7.80. The van der Waals surface area contributed by atoms with Crippen LogP contribution < -0.4 is 5.32 Å². The Bertz CT molecular complexity index is 459. The zero-order valence-corrected chi connectivity index (χ0v) is 11.6. The van der Waals surface area contributed by atoms with Gasteiger partial charge in [0.2, 0.25) is 0 Å². The summed E-state index contributed by atoms with van der Waals surface area (Å²) in [7, 11) is 0. The Labute approximate surface area is 117 Å². The fraction of sp³-hybridized carbons (Fsp3) is 0.462. The Kier molecular flexibility index (Phi) is 4.66. The molecule has 1 aromatic rings. The summed E-state index contributed by atoms with van der Waals surface area (Å²) in [5.41, 5.74) is 0.212. The predicted octanol–water partition coefficient (Wildman–Crippen LogP) is 2.30. The quantitative estimate of drug-likeness (QED) is 0.840. The summed E-state index contributed by atoms with van der Waals surface area (Å²) in [6.45, 7) is 6.69. The van der Waals surface area contributed by atoms with E-state index in [9.17, 15) is 8.78 Å². The largest absolute Gasteiger partial charge is 0.346 e. The minimum Gasteiger partial charge on any atom is -0.346 e. The monoisotopic (exact) mass is 285 g/mol. The predicted molar refractivity (Wildman–Crippen MR) is 76.3 cm³/mol. The second kappa shape index (κ2) is 6.25. The molecule has 1 aromatic carbocycles. The first kappa shape index (κ1) is 14.1. The third kappa shape index (κ3) is 3.61. The molecule has 0 radical (unpaired) electrons. The Morgan fingerprint density at radius 3 is 2.53 bits per heavy atom. The Balaban J connectivity index is 1.94. The summed E-state index contributed by atoms with van der Waals surface area (Å²) in [5, 5.41) is 3.32. The number of halogens is 2. The van der Waals surface area contributed by atoms with Gasteiger partial charge in [-0.25, -0.2) is 8.78 Å². The lowest BCUT2D eigenvalue weighted by molar-refractivity contribution is 0.191. The van der Waals surface area contributed by atoms with Gasteiger partial charge in [-0.15, -0.1) is 0 Å². The molecule has 0 amide bonds. The molecule has 6 heteroatoms. The van der Waals surface area contributed by atoms with E-state index in [2.05, 4.69) is 17.1 Å². The Morgan fingerprint density at radius 2 is 1.95 bits per heavy atom. The number of likely N-dealkylation sites (N-methyl/N-ethyl adjacent to an activating group) is 1. The second-order valence-electron chi connectivity index (χ2n) is 4.48. The maximum Gasteiger partial charge on any atom is 0.173 e. The van der Waals surface area contributed by atoms with Crippen LogP contribution in [0.3, 0.4) is 0 Å². The van der Waals surface area contributed by atoms with Crippen LogP contribution in [0.2, 0.25) is 0 Å². The van der Waals surface area contributed by atoms with E-state index >= 15 is 0 Å². The van der Waals surface area contributed by atoms with Crippen LogP contribution in [0.5, 0.6) is 0 Å². The first-order valence-electron chi connectivity index (χ1n) is 6.33. The number of hydrogen-bond donors (Lipinski definition) is 1. The van der Waals surface area contributed by atoms with Crippen molar-refractivity contribution < 1.29 is 8.78 Å². The molecule has 0 saturated carbocycles. The SMILES string of the molecule is CCN1CCN(C(=S)Nc2ccc(F)cc2F)CC1. The highest BCUT2D eigenvalue weighted by atomic mass is 32.1. The number of nitrogens with zero attached hydrogens (tertiary/aromatic N) is 2. The van der Waals surface area contributed by atoms with Crippen LogP contribution in [0, 0.1) is 11.6 Å². The summed E-state index contributed by atoms with van der Waals surface area (Å²) >= 11 is 5.26. The molecule has 0 bridgehead atoms. The number of benzene rings is 1. The van der Waals surface area contributed by atoms with Gasteiger partial charge in [0.1, 0.15) is 11.6 Å². The molecule has 3 nitrogen and oxygen atoms in total. The maximum atomic E-state index is 13.5. The standard InChI is InChI=1S/C13H17F2N3S/c1-2-17-5-7-18(8-6-17)13(19)16-12-4-3-10(14)9-11(12)15/h3-4,9H,2,5-8H2,1H3,(H,16,19). The summed E-state index contributed by atoms with van der Waals surface area (Å²) < 4.78 is 26.3. The number of nitrogens with one attached hydrogen (secondary N) is 1. The highest BCUT2D eigenvalue weighted by Crippen LogP contribution is 2.16. The molecular formula is C13H17F2N3S. The van der Waals surface area contributed by atoms with Crippen LogP contribution in [0.25, 0.3) is 0 Å². The summed E-state index contributed by atoms with van der Waals surface area (Å²) in [6.07, 6.45) is 0. The van der Waals surface area contributed by atoms with Crippen molar-refractivity contribution in [2.75, 3.05) is 38.0 Å². The Hall–Kier alpha value is -1.27. The van der Waals surface area contributed by atoms with Gasteiger partial charge in [0.05, 0.1) is 5.69 Å². The van der Waals surface area contributed by atoms with Crippen LogP contribution in [-0.2, 0) is 0 Å². The van der Waals surface area contributed by atoms with Gasteiger partial charge in [-0.3, -0.25) is 0 Å². The van der Waals surface area contributed by atoms with E-state index in [1.165, 1.54) is 12.1 Å². The smallest absolute Gasteiger partial charge is 0.173 e. The fourth-order valence-corrected chi connectivity index (χ4v) is 2.34. The van der Waals surface area contributed by atoms with Gasteiger partial charge in [-0.1, -0.05) is 6.92 Å². The van der Waals surface area contributed by atoms with Crippen LogP contribution in [0.15, 0.2) is 18.2 Å². The lowest BCUT2D eigenvalue weighted by atomic mass is 10.3. The van der Waals surface area contributed by atoms with Gasteiger partial charge in [-0.05, 0) is 30.9 Å². The molecule has 1 aliphatic heterocycles. The average Bonchev–Trinajstić information content (AvgIpc) is 2.42. The molecule has 2 rings (SSSR count). The molecule has 0 atom stereocenters. The van der Waals surface area contributed by atoms with Crippen LogP contribution >= 0.6 is 12.2 Å². The summed E-state index contributed by atoms with van der Waals surface area (Å²) in [6, 6.07) is 3.42. The van der Waals surface area contributed by atoms with Crippen molar-refractivity contribution in [3.05, 3.63) is 29.8 Å². The average molecular weight is 285 g/mol. The van der Waals surface area contributed by atoms with E-state index in [1.807, 2.05) is 4.90 Å². The number of hydrogen-bond acceptors (Lipinski definition) is 2. The first-order chi connectivity index (χ1) is 9.10. The molecular weight excluding hydrogens is 268 g/mol. The molecule has 1 fully saturated rings. The normalized spacial score (nSPS) is 16.5. The van der Waals surface area contributed by atoms with Crippen LogP contribution in [0.4, 0.5) is 14.5 Å². The molecule has 0 aliphatic carbocycles. The van der Waals surface area contributed by atoms with Crippen LogP contribution in [-0.4, -0.2) is 47.6 Å². The Morgan fingerprint density at radius 1 is 1.26 bits per heavy atom. The zero-order valence-electron chi connectivity index (χ0n) is 10.8. The van der Waals surface area contributed by atoms with Gasteiger partial charge in [0, 0.05) is 32.2 Å². The van der Waals surface area contributed by atoms with Gasteiger partial charge in [-0.2, -0.15) is 0 Å². The van der Waals surface area contributed by atoms with E-state index in [0.717, 1.165) is 38.8 Å². The number of piperazine rings is 1. The molecule has 0 unspecified atom stereocenters. The third-order valence-corrected chi connectivity index (χ3v) is 3.64. The van der Waals surface area contributed by atoms with Crippen molar-refractivity contribution in [1.29, 1.82) is 0 Å². The second-order valence-corrected chi connectivity index (χ2v) is 4.86.